The van der Waals surface area contributed by atoms with E-state index >= 15 is 0 Å². The van der Waals surface area contributed by atoms with Gasteiger partial charge in [0.15, 0.2) is 0 Å². The van der Waals surface area contributed by atoms with E-state index < -0.39 is 0 Å². The molecule has 2 rings (SSSR count). The fourth-order valence-corrected chi connectivity index (χ4v) is 2.67. The maximum Gasteiger partial charge on any atom is 0.253 e. The van der Waals surface area contributed by atoms with Gasteiger partial charge < -0.3 is 10.6 Å². The number of aryl methyl sites for hydroxylation is 1. The number of rotatable bonds is 7. The number of anilines is 1. The number of nitrogens with one attached hydrogen (secondary N) is 2. The van der Waals surface area contributed by atoms with Gasteiger partial charge in [-0.05, 0) is 42.2 Å². The monoisotopic (exact) mass is 392 g/mol. The van der Waals surface area contributed by atoms with E-state index in [1.807, 2.05) is 19.9 Å². The molecule has 2 aromatic carbocycles. The highest BCUT2D eigenvalue weighted by Gasteiger charge is 2.13. The lowest BCUT2D eigenvalue weighted by molar-refractivity contribution is -0.116. The van der Waals surface area contributed by atoms with Gasteiger partial charge in [-0.2, -0.15) is 0 Å². The number of hydrogen-bond donors (Lipinski definition) is 2. The second-order valence-corrected chi connectivity index (χ2v) is 7.26. The van der Waals surface area contributed by atoms with Gasteiger partial charge in [0.05, 0.1) is 21.3 Å². The van der Waals surface area contributed by atoms with Crippen molar-refractivity contribution in [2.75, 3.05) is 11.9 Å². The van der Waals surface area contributed by atoms with E-state index in [0.29, 0.717) is 40.2 Å². The van der Waals surface area contributed by atoms with Gasteiger partial charge in [-0.1, -0.05) is 55.2 Å². The van der Waals surface area contributed by atoms with Crippen LogP contribution in [-0.4, -0.2) is 18.4 Å². The van der Waals surface area contributed by atoms with Crippen molar-refractivity contribution in [1.29, 1.82) is 0 Å². The van der Waals surface area contributed by atoms with E-state index in [0.717, 1.165) is 5.56 Å². The van der Waals surface area contributed by atoms with Crippen molar-refractivity contribution in [3.63, 3.8) is 0 Å². The maximum absolute atomic E-state index is 12.3. The van der Waals surface area contributed by atoms with Crippen molar-refractivity contribution in [1.82, 2.24) is 5.32 Å². The number of carbonyl (C=O) groups excluding carboxylic acids is 2. The maximum atomic E-state index is 12.3. The van der Waals surface area contributed by atoms with E-state index in [-0.39, 0.29) is 18.2 Å². The van der Waals surface area contributed by atoms with Crippen LogP contribution in [0.1, 0.15) is 36.2 Å². The molecule has 0 aromatic heterocycles. The summed E-state index contributed by atoms with van der Waals surface area (Å²) in [6.07, 6.45) is 0.810. The molecule has 0 heterocycles. The van der Waals surface area contributed by atoms with Gasteiger partial charge in [-0.25, -0.2) is 0 Å². The Kier molecular flexibility index (Phi) is 7.49. The van der Waals surface area contributed by atoms with Crippen molar-refractivity contribution in [3.05, 3.63) is 63.6 Å². The van der Waals surface area contributed by atoms with E-state index in [2.05, 4.69) is 10.6 Å². The van der Waals surface area contributed by atoms with E-state index in [9.17, 15) is 9.59 Å². The van der Waals surface area contributed by atoms with Crippen LogP contribution in [0.3, 0.4) is 0 Å². The topological polar surface area (TPSA) is 58.2 Å². The summed E-state index contributed by atoms with van der Waals surface area (Å²) in [6.45, 7) is 4.63. The van der Waals surface area contributed by atoms with Crippen LogP contribution in [-0.2, 0) is 11.2 Å². The number of benzene rings is 2. The molecule has 0 spiro atoms. The van der Waals surface area contributed by atoms with Crippen LogP contribution in [0.15, 0.2) is 42.5 Å². The number of hydrogen-bond acceptors (Lipinski definition) is 2. The summed E-state index contributed by atoms with van der Waals surface area (Å²) in [4.78, 5) is 24.6. The molecule has 2 N–H and O–H groups in total. The zero-order chi connectivity index (χ0) is 19.1. The molecular weight excluding hydrogens is 371 g/mol. The molecule has 26 heavy (non-hydrogen) atoms. The summed E-state index contributed by atoms with van der Waals surface area (Å²) >= 11 is 11.9. The number of carbonyl (C=O) groups is 2. The van der Waals surface area contributed by atoms with Gasteiger partial charge in [-0.3, -0.25) is 9.59 Å². The fraction of sp³-hybridized carbons (Fsp3) is 0.300. The van der Waals surface area contributed by atoms with Crippen LogP contribution in [0.4, 0.5) is 5.69 Å². The molecule has 0 radical (unpaired) electrons. The molecule has 2 aromatic rings. The lowest BCUT2D eigenvalue weighted by Gasteiger charge is -2.12. The number of para-hydroxylation sites is 1. The molecule has 0 aliphatic rings. The fourth-order valence-electron chi connectivity index (χ4n) is 2.35. The second kappa shape index (κ2) is 9.60. The molecule has 0 atom stereocenters. The molecule has 0 fully saturated rings. The molecule has 4 nitrogen and oxygen atoms in total. The quantitative estimate of drug-likeness (QED) is 0.699. The van der Waals surface area contributed by atoms with Crippen LogP contribution in [0.5, 0.6) is 0 Å². The predicted molar refractivity (Wildman–Crippen MR) is 107 cm³/mol. The molecule has 6 heteroatoms. The minimum atomic E-state index is -0.195. The van der Waals surface area contributed by atoms with Crippen LogP contribution in [0.2, 0.25) is 10.0 Å². The highest BCUT2D eigenvalue weighted by molar-refractivity contribution is 6.42. The first kappa shape index (κ1) is 20.3. The van der Waals surface area contributed by atoms with Crippen molar-refractivity contribution < 1.29 is 9.59 Å². The van der Waals surface area contributed by atoms with Gasteiger partial charge in [0, 0.05) is 13.0 Å². The summed E-state index contributed by atoms with van der Waals surface area (Å²) < 4.78 is 0. The minimum Gasteiger partial charge on any atom is -0.352 e. The Labute approximate surface area is 163 Å². The Morgan fingerprint density at radius 3 is 2.46 bits per heavy atom. The Hall–Kier alpha value is -2.04. The smallest absolute Gasteiger partial charge is 0.253 e. The molecule has 0 saturated carbocycles. The number of halogens is 2. The Morgan fingerprint density at radius 2 is 1.77 bits per heavy atom. The highest BCUT2D eigenvalue weighted by Crippen LogP contribution is 2.23. The van der Waals surface area contributed by atoms with Crippen LogP contribution >= 0.6 is 23.2 Å². The summed E-state index contributed by atoms with van der Waals surface area (Å²) in [5.74, 6) is -0.00818. The average Bonchev–Trinajstić information content (AvgIpc) is 2.61. The Morgan fingerprint density at radius 1 is 1.04 bits per heavy atom. The van der Waals surface area contributed by atoms with Gasteiger partial charge in [0.25, 0.3) is 5.91 Å². The lowest BCUT2D eigenvalue weighted by Crippen LogP contribution is -2.28. The van der Waals surface area contributed by atoms with Gasteiger partial charge in [0.1, 0.15) is 0 Å². The SMILES string of the molecule is CC(C)CNC(=O)c1ccccc1NC(=O)CCc1ccc(Cl)c(Cl)c1. The summed E-state index contributed by atoms with van der Waals surface area (Å²) in [7, 11) is 0. The first-order valence-electron chi connectivity index (χ1n) is 8.48. The molecule has 0 bridgehead atoms. The zero-order valence-electron chi connectivity index (χ0n) is 14.8. The molecule has 0 aliphatic heterocycles. The van der Waals surface area contributed by atoms with Gasteiger partial charge in [-0.15, -0.1) is 0 Å². The summed E-state index contributed by atoms with van der Waals surface area (Å²) in [5.41, 5.74) is 1.89. The molecule has 138 valence electrons. The molecule has 2 amide bonds. The van der Waals surface area contributed by atoms with Gasteiger partial charge in [0.2, 0.25) is 5.91 Å². The van der Waals surface area contributed by atoms with Crippen LogP contribution in [0.25, 0.3) is 0 Å². The number of amides is 2. The first-order chi connectivity index (χ1) is 12.4. The standard InChI is InChI=1S/C20H22Cl2N2O2/c1-13(2)12-23-20(26)15-5-3-4-6-18(15)24-19(25)10-8-14-7-9-16(21)17(22)11-14/h3-7,9,11,13H,8,10,12H2,1-2H3,(H,23,26)(H,24,25). The van der Waals surface area contributed by atoms with Crippen LogP contribution < -0.4 is 10.6 Å². The van der Waals surface area contributed by atoms with Gasteiger partial charge >= 0.3 is 0 Å². The summed E-state index contributed by atoms with van der Waals surface area (Å²) in [6, 6.07) is 12.3. The third-order valence-corrected chi connectivity index (χ3v) is 4.48. The zero-order valence-corrected chi connectivity index (χ0v) is 16.3. The third kappa shape index (κ3) is 6.04. The molecule has 0 unspecified atom stereocenters. The Bertz CT molecular complexity index is 791. The normalized spacial score (nSPS) is 10.7. The van der Waals surface area contributed by atoms with Crippen LogP contribution in [0, 0.1) is 5.92 Å². The van der Waals surface area contributed by atoms with E-state index in [1.165, 1.54) is 0 Å². The van der Waals surface area contributed by atoms with E-state index in [4.69, 9.17) is 23.2 Å². The second-order valence-electron chi connectivity index (χ2n) is 6.45. The molecule has 0 saturated heterocycles. The largest absolute Gasteiger partial charge is 0.352 e. The summed E-state index contributed by atoms with van der Waals surface area (Å²) in [5, 5.41) is 6.64. The third-order valence-electron chi connectivity index (χ3n) is 3.74. The predicted octanol–water partition coefficient (Wildman–Crippen LogP) is 4.95. The lowest BCUT2D eigenvalue weighted by atomic mass is 10.1. The van der Waals surface area contributed by atoms with Crippen molar-refractivity contribution in [2.24, 2.45) is 5.92 Å². The van der Waals surface area contributed by atoms with Crippen molar-refractivity contribution in [3.8, 4) is 0 Å². The van der Waals surface area contributed by atoms with E-state index in [1.54, 1.807) is 36.4 Å². The van der Waals surface area contributed by atoms with Crippen molar-refractivity contribution in [2.45, 2.75) is 26.7 Å². The molecule has 0 aliphatic carbocycles. The average molecular weight is 393 g/mol. The minimum absolute atomic E-state index is 0.166. The Balaban J connectivity index is 1.98. The molecular formula is C20H22Cl2N2O2. The van der Waals surface area contributed by atoms with Crippen molar-refractivity contribution >= 4 is 40.7 Å². The first-order valence-corrected chi connectivity index (χ1v) is 9.23. The highest BCUT2D eigenvalue weighted by atomic mass is 35.5.